The molecule has 0 rings (SSSR count). The molecule has 3 unspecified atom stereocenters. The van der Waals surface area contributed by atoms with Crippen LogP contribution in [0.1, 0.15) is 33.1 Å². The summed E-state index contributed by atoms with van der Waals surface area (Å²) in [5.74, 6) is -2.62. The summed E-state index contributed by atoms with van der Waals surface area (Å²) >= 11 is 1.55. The third-order valence-corrected chi connectivity index (χ3v) is 3.97. The number of carbonyl (C=O) groups is 4. The minimum Gasteiger partial charge on any atom is -0.480 e. The molecule has 0 fully saturated rings. The van der Waals surface area contributed by atoms with Crippen molar-refractivity contribution in [1.82, 2.24) is 10.6 Å². The summed E-state index contributed by atoms with van der Waals surface area (Å²) in [6, 6.07) is -3.14. The molecule has 0 aliphatic heterocycles. The molecule has 0 radical (unpaired) electrons. The molecule has 3 amide bonds. The van der Waals surface area contributed by atoms with Crippen LogP contribution in [0.2, 0.25) is 0 Å². The molecular formula is C15H28N4O5S. The molecule has 0 bridgehead atoms. The smallest absolute Gasteiger partial charge is 0.326 e. The largest absolute Gasteiger partial charge is 0.480 e. The normalized spacial score (nSPS) is 14.4. The molecule has 25 heavy (non-hydrogen) atoms. The van der Waals surface area contributed by atoms with Crippen molar-refractivity contribution in [3.8, 4) is 0 Å². The van der Waals surface area contributed by atoms with E-state index in [1.165, 1.54) is 0 Å². The summed E-state index contributed by atoms with van der Waals surface area (Å²) < 4.78 is 0. The lowest BCUT2D eigenvalue weighted by Gasteiger charge is -2.23. The Balaban J connectivity index is 4.99. The second-order valence-corrected chi connectivity index (χ2v) is 7.13. The maximum atomic E-state index is 12.4. The number of rotatable bonds is 12. The monoisotopic (exact) mass is 376 g/mol. The molecular weight excluding hydrogens is 348 g/mol. The van der Waals surface area contributed by atoms with Crippen LogP contribution in [0.25, 0.3) is 0 Å². The maximum Gasteiger partial charge on any atom is 0.326 e. The quantitative estimate of drug-likeness (QED) is 0.293. The van der Waals surface area contributed by atoms with Crippen LogP contribution >= 0.6 is 11.8 Å². The van der Waals surface area contributed by atoms with Gasteiger partial charge in [0.15, 0.2) is 0 Å². The first-order valence-corrected chi connectivity index (χ1v) is 9.34. The molecule has 10 heteroatoms. The standard InChI is InChI=1S/C15H28N4O5S/c1-8(2)6-10(18-13(21)9(16)4-5-25-3)14(22)19-11(15(23)24)7-12(17)20/h8-11H,4-7,16H2,1-3H3,(H2,17,20)(H,18,21)(H,19,22)(H,23,24). The molecule has 9 nitrogen and oxygen atoms in total. The highest BCUT2D eigenvalue weighted by atomic mass is 32.2. The van der Waals surface area contributed by atoms with E-state index in [1.807, 2.05) is 20.1 Å². The van der Waals surface area contributed by atoms with Gasteiger partial charge in [-0.05, 0) is 30.8 Å². The third kappa shape index (κ3) is 9.92. The Labute approximate surface area is 151 Å². The Kier molecular flexibility index (Phi) is 10.8. The predicted molar refractivity (Wildman–Crippen MR) is 95.7 cm³/mol. The highest BCUT2D eigenvalue weighted by molar-refractivity contribution is 7.98. The van der Waals surface area contributed by atoms with Crippen LogP contribution in [0.3, 0.4) is 0 Å². The third-order valence-electron chi connectivity index (χ3n) is 3.33. The van der Waals surface area contributed by atoms with Crippen LogP contribution in [-0.4, -0.2) is 58.9 Å². The lowest BCUT2D eigenvalue weighted by Crippen LogP contribution is -2.55. The van der Waals surface area contributed by atoms with Gasteiger partial charge in [-0.25, -0.2) is 4.79 Å². The number of carboxylic acid groups (broad SMARTS) is 1. The van der Waals surface area contributed by atoms with Crippen molar-refractivity contribution >= 4 is 35.5 Å². The van der Waals surface area contributed by atoms with Crippen molar-refractivity contribution < 1.29 is 24.3 Å². The summed E-state index contributed by atoms with van der Waals surface area (Å²) in [6.07, 6.45) is 2.12. The Morgan fingerprint density at radius 1 is 1.08 bits per heavy atom. The van der Waals surface area contributed by atoms with Crippen molar-refractivity contribution in [1.29, 1.82) is 0 Å². The van der Waals surface area contributed by atoms with Crippen molar-refractivity contribution in [3.05, 3.63) is 0 Å². The van der Waals surface area contributed by atoms with Crippen LogP contribution in [-0.2, 0) is 19.2 Å². The number of hydrogen-bond donors (Lipinski definition) is 5. The molecule has 144 valence electrons. The van der Waals surface area contributed by atoms with Gasteiger partial charge in [-0.1, -0.05) is 13.8 Å². The molecule has 0 aromatic heterocycles. The minimum atomic E-state index is -1.44. The SMILES string of the molecule is CSCCC(N)C(=O)NC(CC(C)C)C(=O)NC(CC(N)=O)C(=O)O. The zero-order chi connectivity index (χ0) is 19.6. The zero-order valence-corrected chi connectivity index (χ0v) is 15.6. The van der Waals surface area contributed by atoms with Crippen molar-refractivity contribution in [2.24, 2.45) is 17.4 Å². The first-order valence-electron chi connectivity index (χ1n) is 7.94. The maximum absolute atomic E-state index is 12.4. The van der Waals surface area contributed by atoms with E-state index in [1.54, 1.807) is 11.8 Å². The molecule has 0 saturated carbocycles. The molecule has 0 spiro atoms. The van der Waals surface area contributed by atoms with Crippen LogP contribution in [0.4, 0.5) is 0 Å². The minimum absolute atomic E-state index is 0.0675. The van der Waals surface area contributed by atoms with E-state index < -0.39 is 48.2 Å². The zero-order valence-electron chi connectivity index (χ0n) is 14.8. The number of primary amides is 1. The Morgan fingerprint density at radius 2 is 1.64 bits per heavy atom. The number of aliphatic carboxylic acids is 1. The van der Waals surface area contributed by atoms with E-state index in [4.69, 9.17) is 16.6 Å². The summed E-state index contributed by atoms with van der Waals surface area (Å²) in [5, 5.41) is 13.9. The Morgan fingerprint density at radius 3 is 2.08 bits per heavy atom. The van der Waals surface area contributed by atoms with Crippen LogP contribution in [0.15, 0.2) is 0 Å². The molecule has 7 N–H and O–H groups in total. The second-order valence-electron chi connectivity index (χ2n) is 6.15. The molecule has 0 aromatic rings. The molecule has 3 atom stereocenters. The van der Waals surface area contributed by atoms with E-state index in [0.29, 0.717) is 18.6 Å². The summed E-state index contributed by atoms with van der Waals surface area (Å²) in [4.78, 5) is 46.5. The fourth-order valence-electron chi connectivity index (χ4n) is 2.03. The topological polar surface area (TPSA) is 165 Å². The first kappa shape index (κ1) is 23.2. The first-order chi connectivity index (χ1) is 11.6. The van der Waals surface area contributed by atoms with Gasteiger partial charge < -0.3 is 27.2 Å². The van der Waals surface area contributed by atoms with Gasteiger partial charge in [0.25, 0.3) is 0 Å². The lowest BCUT2D eigenvalue weighted by molar-refractivity contribution is -0.143. The number of carboxylic acids is 1. The number of carbonyl (C=O) groups excluding carboxylic acids is 3. The predicted octanol–water partition coefficient (Wildman–Crippen LogP) is -0.957. The number of nitrogens with one attached hydrogen (secondary N) is 2. The Bertz CT molecular complexity index is 487. The van der Waals surface area contributed by atoms with Crippen molar-refractivity contribution in [2.45, 2.75) is 51.2 Å². The van der Waals surface area contributed by atoms with Gasteiger partial charge in [0.1, 0.15) is 12.1 Å². The molecule has 0 heterocycles. The number of nitrogens with two attached hydrogens (primary N) is 2. The van der Waals surface area contributed by atoms with Gasteiger partial charge in [-0.15, -0.1) is 0 Å². The molecule has 0 aliphatic rings. The van der Waals surface area contributed by atoms with E-state index in [-0.39, 0.29) is 5.92 Å². The fourth-order valence-corrected chi connectivity index (χ4v) is 2.52. The lowest BCUT2D eigenvalue weighted by atomic mass is 10.0. The van der Waals surface area contributed by atoms with Gasteiger partial charge in [0.2, 0.25) is 17.7 Å². The average molecular weight is 376 g/mol. The molecule has 0 aliphatic carbocycles. The van der Waals surface area contributed by atoms with E-state index in [2.05, 4.69) is 10.6 Å². The van der Waals surface area contributed by atoms with Crippen LogP contribution in [0, 0.1) is 5.92 Å². The molecule has 0 saturated heterocycles. The summed E-state index contributed by atoms with van der Waals surface area (Å²) in [5.41, 5.74) is 10.8. The van der Waals surface area contributed by atoms with Gasteiger partial charge in [0.05, 0.1) is 12.5 Å². The highest BCUT2D eigenvalue weighted by Crippen LogP contribution is 2.07. The van der Waals surface area contributed by atoms with Crippen molar-refractivity contribution in [2.75, 3.05) is 12.0 Å². The van der Waals surface area contributed by atoms with Gasteiger partial charge >= 0.3 is 5.97 Å². The Hall–Kier alpha value is -1.81. The second kappa shape index (κ2) is 11.7. The van der Waals surface area contributed by atoms with Gasteiger partial charge in [-0.3, -0.25) is 14.4 Å². The highest BCUT2D eigenvalue weighted by Gasteiger charge is 2.29. The van der Waals surface area contributed by atoms with Gasteiger partial charge in [0, 0.05) is 0 Å². The van der Waals surface area contributed by atoms with Crippen LogP contribution < -0.4 is 22.1 Å². The molecule has 0 aromatic carbocycles. The summed E-state index contributed by atoms with van der Waals surface area (Å²) in [6.45, 7) is 3.72. The van der Waals surface area contributed by atoms with Crippen LogP contribution in [0.5, 0.6) is 0 Å². The number of hydrogen-bond acceptors (Lipinski definition) is 6. The number of thioether (sulfide) groups is 1. The summed E-state index contributed by atoms with van der Waals surface area (Å²) in [7, 11) is 0. The van der Waals surface area contributed by atoms with E-state index >= 15 is 0 Å². The van der Waals surface area contributed by atoms with E-state index in [9.17, 15) is 19.2 Å². The fraction of sp³-hybridized carbons (Fsp3) is 0.733. The number of amides is 3. The average Bonchev–Trinajstić information content (AvgIpc) is 2.49. The van der Waals surface area contributed by atoms with Crippen molar-refractivity contribution in [3.63, 3.8) is 0 Å². The van der Waals surface area contributed by atoms with Gasteiger partial charge in [-0.2, -0.15) is 11.8 Å². The van der Waals surface area contributed by atoms with E-state index in [0.717, 1.165) is 0 Å².